The highest BCUT2D eigenvalue weighted by Crippen LogP contribution is 2.49. The zero-order chi connectivity index (χ0) is 71.9. The molecular formula is C65H91IN4O25S3. The van der Waals surface area contributed by atoms with E-state index in [1.54, 1.807) is 40.7 Å². The van der Waals surface area contributed by atoms with Crippen molar-refractivity contribution in [3.05, 3.63) is 49.8 Å². The Bertz CT molecular complexity index is 3170. The topological polar surface area (TPSA) is 400 Å². The first kappa shape index (κ1) is 81.1. The van der Waals surface area contributed by atoms with Crippen LogP contribution in [0.3, 0.4) is 0 Å². The second-order valence-corrected chi connectivity index (χ2v) is 29.1. The van der Waals surface area contributed by atoms with Crippen molar-refractivity contribution in [3.63, 3.8) is 0 Å². The standard InChI is InChI=1S/C65H91IN4O25S3/c1-12-70(44(76)28-67)39-30-88-45(26-43(39)83-7)93-58-53(78)50(69-95-46-25-40(74)60(35(6)89-46)97-61(80)47-32(3)49(66)56(59(86-10)55(47)84-8)94-62-54(79)57(85-9)52(77)34(5)91-62)33(4)90-63(58)92-42-17-15-13-14-16-23-65(82)27-41(75)51(68-64(81)87-11)48(42)38(65)22-24-96-98-31(2)18-19-36(72)20-21-37(73)29-71/h13-14,22,31,33-35,37,39-40,42-43,45-46,50,52-54,57-58,60,62-63,69,71,73-74,77-79,82H,12,18-21,24-30,67H2,1-11H3,(H,68,81)/b14-13-,38-22+/t31?,33?,34?,35?,37?,39?,40?,42-,43?,45?,46?,50?,52?,53?,54?,57?,58?,60?,62?,63?,65-/m0/s1. The van der Waals surface area contributed by atoms with Crippen LogP contribution in [0.4, 0.5) is 4.79 Å². The summed E-state index contributed by atoms with van der Waals surface area (Å²) < 4.78 is 72.9. The van der Waals surface area contributed by atoms with Gasteiger partial charge in [0, 0.05) is 68.6 Å². The van der Waals surface area contributed by atoms with Crippen molar-refractivity contribution in [1.29, 1.82) is 0 Å². The van der Waals surface area contributed by atoms with Crippen LogP contribution in [-0.2, 0) is 61.9 Å². The van der Waals surface area contributed by atoms with Gasteiger partial charge in [-0.25, -0.2) is 4.79 Å². The predicted molar refractivity (Wildman–Crippen MR) is 365 cm³/mol. The van der Waals surface area contributed by atoms with Crippen molar-refractivity contribution in [2.45, 2.75) is 213 Å². The monoisotopic (exact) mass is 1550 g/mol. The number of carbonyl (C=O) groups excluding carboxylic acids is 5. The van der Waals surface area contributed by atoms with Crippen LogP contribution in [0, 0.1) is 34.2 Å². The quantitative estimate of drug-likeness (QED) is 0.0173. The van der Waals surface area contributed by atoms with Crippen LogP contribution in [0.5, 0.6) is 17.2 Å². The number of alkyl carbamates (subject to hydrolysis) is 1. The maximum atomic E-state index is 14.5. The molecule has 1 aromatic carbocycles. The number of aliphatic hydroxyl groups excluding tert-OH is 6. The highest BCUT2D eigenvalue weighted by Gasteiger charge is 2.52. The maximum absolute atomic E-state index is 14.5. The molecule has 0 radical (unpaired) electrons. The number of allylic oxidation sites excluding steroid dienone is 3. The number of hydroxylamine groups is 1. The molecule has 4 saturated heterocycles. The van der Waals surface area contributed by atoms with E-state index >= 15 is 0 Å². The summed E-state index contributed by atoms with van der Waals surface area (Å²) in [4.78, 5) is 75.3. The Morgan fingerprint density at radius 3 is 2.24 bits per heavy atom. The molecule has 33 heteroatoms. The fraction of sp³-hybridized carbons (Fsp3) is 0.677. The lowest BCUT2D eigenvalue weighted by Gasteiger charge is -2.47. The molecule has 4 heterocycles. The van der Waals surface area contributed by atoms with Crippen molar-refractivity contribution < 1.29 is 121 Å². The van der Waals surface area contributed by atoms with E-state index < -0.39 is 151 Å². The summed E-state index contributed by atoms with van der Waals surface area (Å²) in [5.74, 6) is 10.5. The average Bonchev–Trinajstić information content (AvgIpc) is 0.756. The Balaban J connectivity index is 1.14. The third kappa shape index (κ3) is 19.7. The van der Waals surface area contributed by atoms with Crippen molar-refractivity contribution in [2.24, 2.45) is 5.73 Å². The van der Waals surface area contributed by atoms with Gasteiger partial charge in [0.05, 0.1) is 116 Å². The molecule has 98 heavy (non-hydrogen) atoms. The smallest absolute Gasteiger partial charge is 0.411 e. The Hall–Kier alpha value is -4.23. The molecular weight excluding hydrogens is 1460 g/mol. The molecule has 2 amide bonds. The zero-order valence-corrected chi connectivity index (χ0v) is 61.0. The second kappa shape index (κ2) is 37.8. The van der Waals surface area contributed by atoms with Crippen molar-refractivity contribution in [2.75, 3.05) is 67.6 Å². The van der Waals surface area contributed by atoms with E-state index in [-0.39, 0.29) is 114 Å². The van der Waals surface area contributed by atoms with Crippen LogP contribution >= 0.6 is 55.9 Å². The molecule has 2 bridgehead atoms. The summed E-state index contributed by atoms with van der Waals surface area (Å²) in [7, 11) is 9.42. The lowest BCUT2D eigenvalue weighted by molar-refractivity contribution is -0.337. The number of nitrogens with two attached hydrogens (primary N) is 1. The van der Waals surface area contributed by atoms with E-state index in [4.69, 9.17) is 72.5 Å². The number of likely N-dealkylation sites (N-methyl/N-ethyl adjacent to an activating group) is 1. The molecule has 546 valence electrons. The lowest BCUT2D eigenvalue weighted by Crippen LogP contribution is -2.65. The van der Waals surface area contributed by atoms with E-state index in [1.165, 1.54) is 67.1 Å². The number of halogens is 1. The number of nitrogens with zero attached hydrogens (tertiary/aromatic N) is 1. The minimum Gasteiger partial charge on any atom is -0.492 e. The van der Waals surface area contributed by atoms with Crippen LogP contribution in [0.25, 0.3) is 0 Å². The van der Waals surface area contributed by atoms with Crippen molar-refractivity contribution >= 4 is 84.6 Å². The fourth-order valence-corrected chi connectivity index (χ4v) is 16.0. The minimum atomic E-state index is -2.19. The van der Waals surface area contributed by atoms with Gasteiger partial charge in [0.1, 0.15) is 42.4 Å². The number of aliphatic hydroxyl groups is 7. The van der Waals surface area contributed by atoms with Gasteiger partial charge in [-0.15, -0.1) is 0 Å². The Labute approximate surface area is 595 Å². The van der Waals surface area contributed by atoms with Gasteiger partial charge in [0.2, 0.25) is 23.1 Å². The Morgan fingerprint density at radius 1 is 0.888 bits per heavy atom. The summed E-state index contributed by atoms with van der Waals surface area (Å²) >= 11 is 2.78. The SMILES string of the molecule is CCN(C(=O)CN)C1COC(OC2C(O[C@H]3C#C/C=C\C#C[C@]4(O)CC(=O)C(NC(=O)OC)=C3/C4=C\CSSC(C)CCC(=O)CCC(O)CO)OC(C)C(NOC3CC(O)C(SC(=O)c4c(C)c(I)c(OC5OC(C)C(O)C(OC)C5O)c(OC)c4OC)C(C)O3)C2O)CC1OC. The van der Waals surface area contributed by atoms with E-state index in [1.807, 2.05) is 29.5 Å². The highest BCUT2D eigenvalue weighted by molar-refractivity contribution is 14.1. The van der Waals surface area contributed by atoms with Gasteiger partial charge in [0.15, 0.2) is 41.8 Å². The highest BCUT2D eigenvalue weighted by atomic mass is 127. The van der Waals surface area contributed by atoms with Crippen LogP contribution in [0.2, 0.25) is 0 Å². The number of amides is 2. The number of benzene rings is 1. The van der Waals surface area contributed by atoms with Gasteiger partial charge in [-0.2, -0.15) is 5.48 Å². The molecule has 4 fully saturated rings. The summed E-state index contributed by atoms with van der Waals surface area (Å²) in [6.45, 7) is 9.72. The molecule has 4 aliphatic heterocycles. The van der Waals surface area contributed by atoms with Crippen LogP contribution < -0.4 is 30.7 Å². The van der Waals surface area contributed by atoms with Gasteiger partial charge in [-0.3, -0.25) is 29.3 Å². The summed E-state index contributed by atoms with van der Waals surface area (Å²) in [5.41, 5.74) is 6.56. The largest absolute Gasteiger partial charge is 0.492 e. The second-order valence-electron chi connectivity index (χ2n) is 24.0. The number of methoxy groups -OCH3 is 5. The third-order valence-electron chi connectivity index (χ3n) is 17.4. The van der Waals surface area contributed by atoms with Gasteiger partial charge < -0.3 is 103 Å². The minimum absolute atomic E-state index is 0.00264. The molecule has 11 N–H and O–H groups in total. The van der Waals surface area contributed by atoms with Gasteiger partial charge in [0.25, 0.3) is 0 Å². The summed E-state index contributed by atoms with van der Waals surface area (Å²) in [5, 5.41) is 78.7. The number of carbonyl (C=O) groups is 5. The molecule has 19 unspecified atom stereocenters. The summed E-state index contributed by atoms with van der Waals surface area (Å²) in [6, 6.07) is -1.79. The average molecular weight is 1550 g/mol. The number of thioether (sulfide) groups is 1. The Morgan fingerprint density at radius 2 is 1.59 bits per heavy atom. The van der Waals surface area contributed by atoms with Gasteiger partial charge in [-0.1, -0.05) is 70.0 Å². The summed E-state index contributed by atoms with van der Waals surface area (Å²) in [6.07, 6.45) is -15.8. The number of hydrogen-bond acceptors (Lipinski definition) is 30. The molecule has 29 nitrogen and oxygen atoms in total. The predicted octanol–water partition coefficient (Wildman–Crippen LogP) is 1.99. The van der Waals surface area contributed by atoms with Crippen molar-refractivity contribution in [1.82, 2.24) is 15.7 Å². The van der Waals surface area contributed by atoms with Crippen molar-refractivity contribution in [3.8, 4) is 40.9 Å². The first-order chi connectivity index (χ1) is 46.7. The van der Waals surface area contributed by atoms with Crippen LogP contribution in [-0.4, -0.2) is 264 Å². The number of fused-ring (bicyclic) bond motifs is 2. The first-order valence-electron chi connectivity index (χ1n) is 32.0. The third-order valence-corrected chi connectivity index (χ3v) is 22.9. The number of ether oxygens (including phenoxy) is 12. The first-order valence-corrected chi connectivity index (χ1v) is 36.3. The lowest BCUT2D eigenvalue weighted by atomic mass is 9.75. The molecule has 0 spiro atoms. The maximum Gasteiger partial charge on any atom is 0.411 e. The number of nitrogens with one attached hydrogen (secondary N) is 2. The fourth-order valence-electron chi connectivity index (χ4n) is 12.1. The van der Waals surface area contributed by atoms with E-state index in [9.17, 15) is 54.6 Å². The van der Waals surface area contributed by atoms with E-state index in [0.717, 1.165) is 18.9 Å². The zero-order valence-electron chi connectivity index (χ0n) is 56.4. The van der Waals surface area contributed by atoms with Gasteiger partial charge in [-0.05, 0) is 87.8 Å². The normalized spacial score (nSPS) is 33.1. The number of ketones is 2. The number of Topliss-reactive ketones (excluding diaryl/α,β-unsaturated/α-hetero) is 2. The number of rotatable bonds is 30. The molecule has 6 aliphatic rings. The number of hydrogen-bond donors (Lipinski definition) is 10. The molecule has 2 aliphatic carbocycles. The van der Waals surface area contributed by atoms with E-state index in [0.29, 0.717) is 15.6 Å². The van der Waals surface area contributed by atoms with Gasteiger partial charge >= 0.3 is 6.09 Å². The molecule has 7 rings (SSSR count). The molecule has 0 aromatic heterocycles. The Kier molecular flexibility index (Phi) is 31.3. The van der Waals surface area contributed by atoms with Crippen LogP contribution in [0.15, 0.2) is 35.1 Å². The van der Waals surface area contributed by atoms with Crippen LogP contribution in [0.1, 0.15) is 95.5 Å². The molecule has 0 saturated carbocycles. The molecule has 1 aromatic rings. The molecule has 21 atom stereocenters. The van der Waals surface area contributed by atoms with E-state index in [2.05, 4.69) is 34.5 Å².